The molecule has 0 atom stereocenters. The highest BCUT2D eigenvalue weighted by Crippen LogP contribution is 2.36. The van der Waals surface area contributed by atoms with Crippen molar-refractivity contribution < 1.29 is 19.2 Å². The zero-order valence-corrected chi connectivity index (χ0v) is 17.9. The van der Waals surface area contributed by atoms with Gasteiger partial charge in [0.15, 0.2) is 0 Å². The molecule has 0 spiro atoms. The molecule has 0 aliphatic heterocycles. The van der Waals surface area contributed by atoms with Gasteiger partial charge in [-0.05, 0) is 48.4 Å². The van der Waals surface area contributed by atoms with Crippen molar-refractivity contribution in [2.45, 2.75) is 6.92 Å². The Morgan fingerprint density at radius 3 is 2.45 bits per heavy atom. The molecule has 0 radical (unpaired) electrons. The van der Waals surface area contributed by atoms with Crippen LogP contribution in [-0.4, -0.2) is 23.4 Å². The minimum Gasteiger partial charge on any atom is -0.462 e. The molecule has 0 bridgehead atoms. The predicted octanol–water partition coefficient (Wildman–Crippen LogP) is 5.81. The smallest absolute Gasteiger partial charge is 0.341 e. The van der Waals surface area contributed by atoms with Gasteiger partial charge in [-0.1, -0.05) is 23.7 Å². The summed E-state index contributed by atoms with van der Waals surface area (Å²) in [5, 5.41) is 16.1. The maximum atomic E-state index is 12.6. The molecule has 0 fully saturated rings. The molecule has 0 aliphatic rings. The summed E-state index contributed by atoms with van der Waals surface area (Å²) >= 11 is 7.16. The van der Waals surface area contributed by atoms with Crippen molar-refractivity contribution in [3.63, 3.8) is 0 Å². The predicted molar refractivity (Wildman–Crippen MR) is 121 cm³/mol. The van der Waals surface area contributed by atoms with Crippen LogP contribution in [0, 0.1) is 10.1 Å². The molecule has 7 nitrogen and oxygen atoms in total. The van der Waals surface area contributed by atoms with Gasteiger partial charge in [0, 0.05) is 34.2 Å². The maximum Gasteiger partial charge on any atom is 0.341 e. The number of nitrogens with one attached hydrogen (secondary N) is 1. The monoisotopic (exact) mass is 456 g/mol. The summed E-state index contributed by atoms with van der Waals surface area (Å²) in [5.74, 6) is -0.989. The third-order valence-corrected chi connectivity index (χ3v) is 5.34. The summed E-state index contributed by atoms with van der Waals surface area (Å²) in [6.45, 7) is 1.90. The number of esters is 1. The van der Waals surface area contributed by atoms with Crippen LogP contribution in [0.4, 0.5) is 10.7 Å². The van der Waals surface area contributed by atoms with E-state index in [1.807, 2.05) is 0 Å². The SMILES string of the molecule is CCOC(=O)c1c(-c2ccc(Cl)cc2)csc1NC(=O)/C=C/c1ccc([N+](=O)[O-])cc1. The van der Waals surface area contributed by atoms with Gasteiger partial charge < -0.3 is 10.1 Å². The molecule has 1 heterocycles. The number of carbonyl (C=O) groups is 2. The third kappa shape index (κ3) is 5.56. The van der Waals surface area contributed by atoms with E-state index in [-0.39, 0.29) is 17.9 Å². The minimum atomic E-state index is -0.539. The molecule has 0 saturated carbocycles. The molecule has 31 heavy (non-hydrogen) atoms. The summed E-state index contributed by atoms with van der Waals surface area (Å²) < 4.78 is 5.17. The van der Waals surface area contributed by atoms with Crippen LogP contribution in [0.3, 0.4) is 0 Å². The quantitative estimate of drug-likeness (QED) is 0.209. The lowest BCUT2D eigenvalue weighted by atomic mass is 10.0. The first-order chi connectivity index (χ1) is 14.9. The molecule has 0 saturated heterocycles. The highest BCUT2D eigenvalue weighted by Gasteiger charge is 2.22. The van der Waals surface area contributed by atoms with Gasteiger partial charge in [0.05, 0.1) is 11.5 Å². The molecule has 3 rings (SSSR count). The molecule has 2 aromatic carbocycles. The number of halogens is 1. The van der Waals surface area contributed by atoms with Crippen LogP contribution in [0.1, 0.15) is 22.8 Å². The average Bonchev–Trinajstić information content (AvgIpc) is 3.16. The Morgan fingerprint density at radius 1 is 1.16 bits per heavy atom. The van der Waals surface area contributed by atoms with Crippen molar-refractivity contribution in [2.24, 2.45) is 0 Å². The lowest BCUT2D eigenvalue weighted by Crippen LogP contribution is -2.12. The molecule has 9 heteroatoms. The number of amides is 1. The Labute approximate surface area is 187 Å². The van der Waals surface area contributed by atoms with Gasteiger partial charge in [-0.3, -0.25) is 14.9 Å². The second kappa shape index (κ2) is 10.0. The van der Waals surface area contributed by atoms with E-state index < -0.39 is 16.8 Å². The molecule has 1 N–H and O–H groups in total. The number of hydrogen-bond acceptors (Lipinski definition) is 6. The fourth-order valence-electron chi connectivity index (χ4n) is 2.73. The number of carbonyl (C=O) groups excluding carboxylic acids is 2. The molecule has 1 aromatic heterocycles. The highest BCUT2D eigenvalue weighted by atomic mass is 35.5. The van der Waals surface area contributed by atoms with E-state index >= 15 is 0 Å². The van der Waals surface area contributed by atoms with Crippen molar-refractivity contribution in [1.29, 1.82) is 0 Å². The summed E-state index contributed by atoms with van der Waals surface area (Å²) in [6, 6.07) is 12.8. The van der Waals surface area contributed by atoms with Gasteiger partial charge in [-0.2, -0.15) is 0 Å². The van der Waals surface area contributed by atoms with E-state index in [0.717, 1.165) is 5.56 Å². The van der Waals surface area contributed by atoms with Crippen LogP contribution >= 0.6 is 22.9 Å². The molecular weight excluding hydrogens is 440 g/mol. The maximum absolute atomic E-state index is 12.6. The van der Waals surface area contributed by atoms with Crippen LogP contribution in [0.2, 0.25) is 5.02 Å². The number of benzene rings is 2. The van der Waals surface area contributed by atoms with E-state index in [1.165, 1.54) is 47.8 Å². The largest absolute Gasteiger partial charge is 0.462 e. The fraction of sp³-hybridized carbons (Fsp3) is 0.0909. The van der Waals surface area contributed by atoms with Crippen molar-refractivity contribution >= 4 is 51.6 Å². The highest BCUT2D eigenvalue weighted by molar-refractivity contribution is 7.15. The van der Waals surface area contributed by atoms with Gasteiger partial charge in [0.1, 0.15) is 10.6 Å². The van der Waals surface area contributed by atoms with E-state index in [4.69, 9.17) is 16.3 Å². The number of non-ortho nitro benzene ring substituents is 1. The minimum absolute atomic E-state index is 0.0333. The van der Waals surface area contributed by atoms with Crippen molar-refractivity contribution in [2.75, 3.05) is 11.9 Å². The van der Waals surface area contributed by atoms with Crippen molar-refractivity contribution in [3.05, 3.63) is 86.3 Å². The normalized spacial score (nSPS) is 10.8. The van der Waals surface area contributed by atoms with E-state index in [1.54, 1.807) is 36.6 Å². The molecular formula is C22H17ClN2O5S. The third-order valence-electron chi connectivity index (χ3n) is 4.19. The lowest BCUT2D eigenvalue weighted by molar-refractivity contribution is -0.384. The van der Waals surface area contributed by atoms with Crippen LogP contribution in [0.15, 0.2) is 60.0 Å². The Bertz CT molecular complexity index is 1140. The van der Waals surface area contributed by atoms with E-state index in [2.05, 4.69) is 5.32 Å². The first-order valence-corrected chi connectivity index (χ1v) is 10.4. The van der Waals surface area contributed by atoms with Crippen molar-refractivity contribution in [3.8, 4) is 11.1 Å². The number of rotatable bonds is 7. The Balaban J connectivity index is 1.82. The Kier molecular flexibility index (Phi) is 7.17. The first-order valence-electron chi connectivity index (χ1n) is 9.17. The van der Waals surface area contributed by atoms with Crippen LogP contribution < -0.4 is 5.32 Å². The number of thiophene rings is 1. The number of nitro groups is 1. The van der Waals surface area contributed by atoms with Crippen LogP contribution in [0.5, 0.6) is 0 Å². The van der Waals surface area contributed by atoms with Gasteiger partial charge in [0.2, 0.25) is 5.91 Å². The van der Waals surface area contributed by atoms with Gasteiger partial charge in [-0.15, -0.1) is 11.3 Å². The number of nitrogens with zero attached hydrogens (tertiary/aromatic N) is 1. The van der Waals surface area contributed by atoms with Gasteiger partial charge in [0.25, 0.3) is 5.69 Å². The zero-order chi connectivity index (χ0) is 22.4. The number of ether oxygens (including phenoxy) is 1. The second-order valence-electron chi connectivity index (χ2n) is 6.25. The second-order valence-corrected chi connectivity index (χ2v) is 7.57. The Morgan fingerprint density at radius 2 is 1.84 bits per heavy atom. The first kappa shape index (κ1) is 22.2. The van der Waals surface area contributed by atoms with E-state index in [9.17, 15) is 19.7 Å². The average molecular weight is 457 g/mol. The van der Waals surface area contributed by atoms with Crippen LogP contribution in [0.25, 0.3) is 17.2 Å². The fourth-order valence-corrected chi connectivity index (χ4v) is 3.82. The molecule has 158 valence electrons. The van der Waals surface area contributed by atoms with Crippen molar-refractivity contribution in [1.82, 2.24) is 0 Å². The summed E-state index contributed by atoms with van der Waals surface area (Å²) in [4.78, 5) is 35.2. The number of anilines is 1. The standard InChI is InChI=1S/C22H17ClN2O5S/c1-2-30-22(27)20-18(15-6-8-16(23)9-7-15)13-31-21(20)24-19(26)12-5-14-3-10-17(11-4-14)25(28)29/h3-13H,2H2,1H3,(H,24,26)/b12-5+. The summed E-state index contributed by atoms with van der Waals surface area (Å²) in [5.41, 5.74) is 2.26. The summed E-state index contributed by atoms with van der Waals surface area (Å²) in [6.07, 6.45) is 2.81. The van der Waals surface area contributed by atoms with E-state index in [0.29, 0.717) is 21.2 Å². The van der Waals surface area contributed by atoms with Gasteiger partial charge >= 0.3 is 5.97 Å². The van der Waals surface area contributed by atoms with Gasteiger partial charge in [-0.25, -0.2) is 4.79 Å². The molecule has 0 unspecified atom stereocenters. The summed E-state index contributed by atoms with van der Waals surface area (Å²) in [7, 11) is 0. The Hall–Kier alpha value is -3.49. The molecule has 1 amide bonds. The lowest BCUT2D eigenvalue weighted by Gasteiger charge is -2.08. The number of nitro benzene ring substituents is 1. The molecule has 3 aromatic rings. The topological polar surface area (TPSA) is 98.5 Å². The number of hydrogen-bond donors (Lipinski definition) is 1. The zero-order valence-electron chi connectivity index (χ0n) is 16.3. The van der Waals surface area contributed by atoms with Crippen LogP contribution in [-0.2, 0) is 9.53 Å². The molecule has 0 aliphatic carbocycles.